The van der Waals surface area contributed by atoms with Gasteiger partial charge in [0.15, 0.2) is 0 Å². The molecule has 23 heavy (non-hydrogen) atoms. The predicted molar refractivity (Wildman–Crippen MR) is 91.0 cm³/mol. The van der Waals surface area contributed by atoms with Crippen molar-refractivity contribution in [2.75, 3.05) is 0 Å². The number of para-hydroxylation sites is 1. The summed E-state index contributed by atoms with van der Waals surface area (Å²) in [5, 5.41) is 0. The number of rotatable bonds is 6. The number of halogens is 1. The van der Waals surface area contributed by atoms with E-state index >= 15 is 0 Å². The first-order valence-corrected chi connectivity index (χ1v) is 7.80. The molecule has 0 fully saturated rings. The van der Waals surface area contributed by atoms with Crippen molar-refractivity contribution in [3.05, 3.63) is 101 Å². The van der Waals surface area contributed by atoms with Crippen LogP contribution in [-0.4, -0.2) is 0 Å². The molecule has 1 nitrogen and oxygen atoms in total. The maximum absolute atomic E-state index is 13.0. The molecule has 3 aromatic carbocycles. The van der Waals surface area contributed by atoms with E-state index in [1.165, 1.54) is 17.7 Å². The van der Waals surface area contributed by atoms with Crippen molar-refractivity contribution in [2.24, 2.45) is 0 Å². The van der Waals surface area contributed by atoms with Gasteiger partial charge in [-0.3, -0.25) is 0 Å². The third kappa shape index (κ3) is 4.43. The van der Waals surface area contributed by atoms with Gasteiger partial charge in [-0.2, -0.15) is 0 Å². The third-order valence-electron chi connectivity index (χ3n) is 3.81. The quantitative estimate of drug-likeness (QED) is 0.609. The Morgan fingerprint density at radius 2 is 1.35 bits per heavy atom. The van der Waals surface area contributed by atoms with E-state index in [9.17, 15) is 4.39 Å². The first-order valence-electron chi connectivity index (χ1n) is 7.80. The maximum atomic E-state index is 13.0. The molecule has 0 radical (unpaired) electrons. The zero-order chi connectivity index (χ0) is 15.9. The lowest BCUT2D eigenvalue weighted by Gasteiger charge is -2.11. The van der Waals surface area contributed by atoms with Crippen molar-refractivity contribution in [1.29, 1.82) is 0 Å². The molecule has 0 aromatic heterocycles. The smallest absolute Gasteiger partial charge is 0.123 e. The average molecular weight is 306 g/mol. The van der Waals surface area contributed by atoms with E-state index in [4.69, 9.17) is 4.74 Å². The van der Waals surface area contributed by atoms with Gasteiger partial charge in [0.25, 0.3) is 0 Å². The molecule has 0 bridgehead atoms. The zero-order valence-electron chi connectivity index (χ0n) is 12.9. The van der Waals surface area contributed by atoms with E-state index in [-0.39, 0.29) is 5.82 Å². The molecule has 0 amide bonds. The number of aryl methyl sites for hydroxylation is 2. The van der Waals surface area contributed by atoms with Crippen molar-refractivity contribution in [3.63, 3.8) is 0 Å². The standard InChI is InChI=1S/C21H19FO/c22-20-14-11-17(12-15-20)10-13-19-8-4-5-9-21(19)23-16-18-6-2-1-3-7-18/h1-9,11-12,14-15H,10,13,16H2. The SMILES string of the molecule is Fc1ccc(CCc2ccccc2OCc2ccccc2)cc1. The zero-order valence-corrected chi connectivity index (χ0v) is 12.9. The molecule has 3 rings (SSSR count). The summed E-state index contributed by atoms with van der Waals surface area (Å²) in [6, 6.07) is 24.9. The van der Waals surface area contributed by atoms with E-state index < -0.39 is 0 Å². The highest BCUT2D eigenvalue weighted by atomic mass is 19.1. The number of hydrogen-bond acceptors (Lipinski definition) is 1. The minimum absolute atomic E-state index is 0.194. The largest absolute Gasteiger partial charge is 0.489 e. The van der Waals surface area contributed by atoms with Gasteiger partial charge in [0.1, 0.15) is 18.2 Å². The van der Waals surface area contributed by atoms with Crippen molar-refractivity contribution in [2.45, 2.75) is 19.4 Å². The van der Waals surface area contributed by atoms with Crippen molar-refractivity contribution >= 4 is 0 Å². The Kier molecular flexibility index (Phi) is 5.05. The highest BCUT2D eigenvalue weighted by Gasteiger charge is 2.04. The fourth-order valence-corrected chi connectivity index (χ4v) is 2.52. The summed E-state index contributed by atoms with van der Waals surface area (Å²) in [4.78, 5) is 0. The second-order valence-electron chi connectivity index (χ2n) is 5.51. The molecular weight excluding hydrogens is 287 g/mol. The topological polar surface area (TPSA) is 9.23 Å². The van der Waals surface area contributed by atoms with Gasteiger partial charge in [-0.15, -0.1) is 0 Å². The van der Waals surface area contributed by atoms with Crippen molar-refractivity contribution in [1.82, 2.24) is 0 Å². The highest BCUT2D eigenvalue weighted by Crippen LogP contribution is 2.21. The second-order valence-corrected chi connectivity index (χ2v) is 5.51. The van der Waals surface area contributed by atoms with Crippen LogP contribution in [0.3, 0.4) is 0 Å². The van der Waals surface area contributed by atoms with Crippen LogP contribution in [0.2, 0.25) is 0 Å². The lowest BCUT2D eigenvalue weighted by atomic mass is 10.0. The first kappa shape index (κ1) is 15.3. The van der Waals surface area contributed by atoms with E-state index in [1.54, 1.807) is 0 Å². The first-order chi connectivity index (χ1) is 11.3. The summed E-state index contributed by atoms with van der Waals surface area (Å²) in [5.41, 5.74) is 3.46. The highest BCUT2D eigenvalue weighted by molar-refractivity contribution is 5.34. The molecule has 0 aliphatic heterocycles. The van der Waals surface area contributed by atoms with Crippen LogP contribution in [0.5, 0.6) is 5.75 Å². The molecule has 116 valence electrons. The lowest BCUT2D eigenvalue weighted by Crippen LogP contribution is -2.00. The Morgan fingerprint density at radius 1 is 0.652 bits per heavy atom. The minimum atomic E-state index is -0.194. The second kappa shape index (κ2) is 7.59. The Balaban J connectivity index is 1.64. The van der Waals surface area contributed by atoms with Crippen LogP contribution in [0.25, 0.3) is 0 Å². The number of benzene rings is 3. The van der Waals surface area contributed by atoms with Gasteiger partial charge in [0.05, 0.1) is 0 Å². The lowest BCUT2D eigenvalue weighted by molar-refractivity contribution is 0.303. The fourth-order valence-electron chi connectivity index (χ4n) is 2.52. The monoisotopic (exact) mass is 306 g/mol. The molecule has 0 saturated heterocycles. The van der Waals surface area contributed by atoms with Gasteiger partial charge in [0, 0.05) is 0 Å². The van der Waals surface area contributed by atoms with E-state index in [2.05, 4.69) is 18.2 Å². The molecule has 0 saturated carbocycles. The van der Waals surface area contributed by atoms with E-state index in [0.29, 0.717) is 6.61 Å². The molecule has 0 N–H and O–H groups in total. The number of hydrogen-bond donors (Lipinski definition) is 0. The molecule has 0 aliphatic rings. The van der Waals surface area contributed by atoms with Gasteiger partial charge in [-0.25, -0.2) is 4.39 Å². The van der Waals surface area contributed by atoms with Gasteiger partial charge >= 0.3 is 0 Å². The van der Waals surface area contributed by atoms with Gasteiger partial charge in [-0.1, -0.05) is 60.7 Å². The van der Waals surface area contributed by atoms with Crippen LogP contribution in [-0.2, 0) is 19.4 Å². The summed E-state index contributed by atoms with van der Waals surface area (Å²) in [6.07, 6.45) is 1.74. The molecule has 2 heteroatoms. The fraction of sp³-hybridized carbons (Fsp3) is 0.143. The maximum Gasteiger partial charge on any atom is 0.123 e. The van der Waals surface area contributed by atoms with Gasteiger partial charge < -0.3 is 4.74 Å². The van der Waals surface area contributed by atoms with Crippen LogP contribution in [0, 0.1) is 5.82 Å². The van der Waals surface area contributed by atoms with Crippen LogP contribution in [0.1, 0.15) is 16.7 Å². The molecule has 0 heterocycles. The molecule has 0 aliphatic carbocycles. The Morgan fingerprint density at radius 3 is 2.13 bits per heavy atom. The van der Waals surface area contributed by atoms with Gasteiger partial charge in [-0.05, 0) is 47.7 Å². The molecule has 0 atom stereocenters. The Labute approximate surface area is 136 Å². The number of ether oxygens (including phenoxy) is 1. The minimum Gasteiger partial charge on any atom is -0.489 e. The van der Waals surface area contributed by atoms with Crippen LogP contribution < -0.4 is 4.74 Å². The molecule has 0 unspecified atom stereocenters. The molecular formula is C21H19FO. The molecule has 3 aromatic rings. The van der Waals surface area contributed by atoms with Crippen molar-refractivity contribution < 1.29 is 9.13 Å². The van der Waals surface area contributed by atoms with Crippen molar-refractivity contribution in [3.8, 4) is 5.75 Å². The Bertz CT molecular complexity index is 735. The summed E-state index contributed by atoms with van der Waals surface area (Å²) < 4.78 is 18.9. The van der Waals surface area contributed by atoms with E-state index in [0.717, 1.165) is 29.7 Å². The Hall–Kier alpha value is -2.61. The predicted octanol–water partition coefficient (Wildman–Crippen LogP) is 5.19. The normalized spacial score (nSPS) is 10.5. The average Bonchev–Trinajstić information content (AvgIpc) is 2.61. The van der Waals surface area contributed by atoms with E-state index in [1.807, 2.05) is 48.5 Å². The van der Waals surface area contributed by atoms with Crippen LogP contribution >= 0.6 is 0 Å². The third-order valence-corrected chi connectivity index (χ3v) is 3.81. The van der Waals surface area contributed by atoms with Crippen LogP contribution in [0.15, 0.2) is 78.9 Å². The van der Waals surface area contributed by atoms with Crippen LogP contribution in [0.4, 0.5) is 4.39 Å². The van der Waals surface area contributed by atoms with Gasteiger partial charge in [0.2, 0.25) is 0 Å². The summed E-state index contributed by atoms with van der Waals surface area (Å²) in [7, 11) is 0. The summed E-state index contributed by atoms with van der Waals surface area (Å²) >= 11 is 0. The summed E-state index contributed by atoms with van der Waals surface area (Å²) in [5.74, 6) is 0.721. The molecule has 0 spiro atoms. The summed E-state index contributed by atoms with van der Waals surface area (Å²) in [6.45, 7) is 0.564.